The largest absolute Gasteiger partial charge is 0.369 e. The molecule has 3 heterocycles. The smallest absolute Gasteiger partial charge is 0.263 e. The topological polar surface area (TPSA) is 49.9 Å². The van der Waals surface area contributed by atoms with E-state index in [-0.39, 0.29) is 23.5 Å². The maximum absolute atomic E-state index is 12.5. The van der Waals surface area contributed by atoms with Gasteiger partial charge >= 0.3 is 0 Å². The number of amides is 2. The van der Waals surface area contributed by atoms with Crippen LogP contribution >= 0.6 is 11.3 Å². The summed E-state index contributed by atoms with van der Waals surface area (Å²) < 4.78 is 5.50. The third kappa shape index (κ3) is 2.39. The third-order valence-corrected chi connectivity index (χ3v) is 6.40. The Morgan fingerprint density at radius 3 is 2.70 bits per heavy atom. The molecule has 0 radical (unpaired) electrons. The van der Waals surface area contributed by atoms with Crippen LogP contribution in [0.5, 0.6) is 0 Å². The lowest BCUT2D eigenvalue weighted by Gasteiger charge is -2.59. The van der Waals surface area contributed by atoms with Gasteiger partial charge in [-0.25, -0.2) is 0 Å². The summed E-state index contributed by atoms with van der Waals surface area (Å²) in [6.45, 7) is 2.27. The lowest BCUT2D eigenvalue weighted by atomic mass is 9.73. The quantitative estimate of drug-likeness (QED) is 0.791. The summed E-state index contributed by atoms with van der Waals surface area (Å²) in [7, 11) is 1.63. The van der Waals surface area contributed by atoms with Gasteiger partial charge in [-0.15, -0.1) is 11.3 Å². The lowest BCUT2D eigenvalue weighted by Crippen LogP contribution is -2.77. The molecule has 6 heteroatoms. The molecule has 1 spiro atoms. The van der Waals surface area contributed by atoms with Crippen molar-refractivity contribution in [1.29, 1.82) is 0 Å². The molecule has 1 aromatic rings. The van der Waals surface area contributed by atoms with Crippen molar-refractivity contribution in [1.82, 2.24) is 9.80 Å². The molecule has 0 bridgehead atoms. The first kappa shape index (κ1) is 15.1. The summed E-state index contributed by atoms with van der Waals surface area (Å²) in [4.78, 5) is 29.6. The monoisotopic (exact) mass is 334 g/mol. The lowest BCUT2D eigenvalue weighted by molar-refractivity contribution is -0.198. The van der Waals surface area contributed by atoms with Crippen molar-refractivity contribution in [2.24, 2.45) is 5.92 Å². The van der Waals surface area contributed by atoms with E-state index in [4.69, 9.17) is 4.74 Å². The third-order valence-electron chi connectivity index (χ3n) is 5.54. The number of carbonyl (C=O) groups is 2. The fraction of sp³-hybridized carbons (Fsp3) is 0.647. The number of hydrogen-bond acceptors (Lipinski definition) is 4. The highest BCUT2D eigenvalue weighted by Gasteiger charge is 2.61. The van der Waals surface area contributed by atoms with E-state index >= 15 is 0 Å². The zero-order valence-electron chi connectivity index (χ0n) is 13.4. The van der Waals surface area contributed by atoms with Gasteiger partial charge in [-0.1, -0.05) is 6.07 Å². The Morgan fingerprint density at radius 1 is 1.39 bits per heavy atom. The maximum atomic E-state index is 12.5. The molecule has 4 rings (SSSR count). The van der Waals surface area contributed by atoms with E-state index in [0.29, 0.717) is 19.0 Å². The zero-order chi connectivity index (χ0) is 16.0. The van der Waals surface area contributed by atoms with Crippen LogP contribution in [0, 0.1) is 5.92 Å². The minimum absolute atomic E-state index is 0.114. The number of thiophene rings is 1. The molecular weight excluding hydrogens is 312 g/mol. The van der Waals surface area contributed by atoms with Gasteiger partial charge < -0.3 is 14.5 Å². The first-order valence-electron chi connectivity index (χ1n) is 8.33. The highest BCUT2D eigenvalue weighted by molar-refractivity contribution is 7.12. The number of rotatable bonds is 4. The van der Waals surface area contributed by atoms with Gasteiger partial charge in [0, 0.05) is 26.7 Å². The second kappa shape index (κ2) is 5.60. The molecule has 3 fully saturated rings. The molecule has 0 N–H and O–H groups in total. The molecule has 0 aromatic carbocycles. The van der Waals surface area contributed by atoms with E-state index < -0.39 is 0 Å². The average Bonchev–Trinajstić information content (AvgIpc) is 3.24. The van der Waals surface area contributed by atoms with Gasteiger partial charge in [0.1, 0.15) is 0 Å². The summed E-state index contributed by atoms with van der Waals surface area (Å²) in [5.74, 6) is 0.931. The first-order valence-corrected chi connectivity index (χ1v) is 9.21. The molecule has 1 saturated carbocycles. The minimum Gasteiger partial charge on any atom is -0.369 e. The normalized spacial score (nSPS) is 26.5. The fourth-order valence-corrected chi connectivity index (χ4v) is 4.69. The summed E-state index contributed by atoms with van der Waals surface area (Å²) >= 11 is 1.49. The van der Waals surface area contributed by atoms with Crippen molar-refractivity contribution in [3.63, 3.8) is 0 Å². The van der Waals surface area contributed by atoms with Crippen LogP contribution in [0.25, 0.3) is 0 Å². The number of methoxy groups -OCH3 is 1. The molecule has 3 aliphatic rings. The number of β-lactam (4-membered cyclic amide) rings is 1. The van der Waals surface area contributed by atoms with Crippen LogP contribution in [-0.2, 0) is 9.53 Å². The van der Waals surface area contributed by atoms with Crippen molar-refractivity contribution < 1.29 is 14.3 Å². The Bertz CT molecular complexity index is 603. The van der Waals surface area contributed by atoms with Crippen molar-refractivity contribution in [3.8, 4) is 0 Å². The number of hydrogen-bond donors (Lipinski definition) is 0. The molecule has 1 unspecified atom stereocenters. The molecule has 5 nitrogen and oxygen atoms in total. The highest BCUT2D eigenvalue weighted by atomic mass is 32.1. The second-order valence-corrected chi connectivity index (χ2v) is 7.83. The SMILES string of the molecule is COC1C(=O)N(CC2CC2)C12CCN(C(=O)c1cccs1)CC2. The van der Waals surface area contributed by atoms with Crippen LogP contribution in [0.4, 0.5) is 0 Å². The Balaban J connectivity index is 1.46. The molecule has 1 aromatic heterocycles. The second-order valence-electron chi connectivity index (χ2n) is 6.88. The van der Waals surface area contributed by atoms with Crippen LogP contribution in [0.2, 0.25) is 0 Å². The van der Waals surface area contributed by atoms with Gasteiger partial charge in [0.2, 0.25) is 0 Å². The Morgan fingerprint density at radius 2 is 2.13 bits per heavy atom. The van der Waals surface area contributed by atoms with E-state index in [1.54, 1.807) is 7.11 Å². The molecule has 2 aliphatic heterocycles. The number of likely N-dealkylation sites (tertiary alicyclic amines) is 2. The Kier molecular flexibility index (Phi) is 3.69. The van der Waals surface area contributed by atoms with Crippen molar-refractivity contribution in [3.05, 3.63) is 22.4 Å². The summed E-state index contributed by atoms with van der Waals surface area (Å²) in [5.41, 5.74) is -0.180. The van der Waals surface area contributed by atoms with Crippen molar-refractivity contribution in [2.45, 2.75) is 37.3 Å². The van der Waals surface area contributed by atoms with Gasteiger partial charge in [-0.2, -0.15) is 0 Å². The Hall–Kier alpha value is -1.40. The molecule has 23 heavy (non-hydrogen) atoms. The number of carbonyl (C=O) groups excluding carboxylic acids is 2. The standard InChI is InChI=1S/C17H22N2O3S/c1-22-14-16(21)19(11-12-4-5-12)17(14)6-8-18(9-7-17)15(20)13-3-2-10-23-13/h2-3,10,12,14H,4-9,11H2,1H3. The minimum atomic E-state index is -0.319. The first-order chi connectivity index (χ1) is 11.2. The van der Waals surface area contributed by atoms with Crippen molar-refractivity contribution >= 4 is 23.2 Å². The fourth-order valence-electron chi connectivity index (χ4n) is 4.00. The van der Waals surface area contributed by atoms with Gasteiger partial charge in [0.05, 0.1) is 10.4 Å². The number of nitrogens with zero attached hydrogens (tertiary/aromatic N) is 2. The van der Waals surface area contributed by atoms with Gasteiger partial charge in [-0.3, -0.25) is 9.59 Å². The predicted octanol–water partition coefficient (Wildman–Crippen LogP) is 1.99. The van der Waals surface area contributed by atoms with Gasteiger partial charge in [-0.05, 0) is 43.0 Å². The van der Waals surface area contributed by atoms with E-state index in [1.807, 2.05) is 27.3 Å². The average molecular weight is 334 g/mol. The van der Waals surface area contributed by atoms with E-state index in [0.717, 1.165) is 24.3 Å². The molecule has 124 valence electrons. The maximum Gasteiger partial charge on any atom is 0.263 e. The predicted molar refractivity (Wildman–Crippen MR) is 87.4 cm³/mol. The summed E-state index contributed by atoms with van der Waals surface area (Å²) in [6, 6.07) is 3.79. The summed E-state index contributed by atoms with van der Waals surface area (Å²) in [6.07, 6.45) is 3.80. The molecular formula is C17H22N2O3S. The van der Waals surface area contributed by atoms with Crippen LogP contribution in [-0.4, -0.2) is 60.0 Å². The number of piperidine rings is 1. The van der Waals surface area contributed by atoms with Crippen LogP contribution in [0.3, 0.4) is 0 Å². The van der Waals surface area contributed by atoms with E-state index in [1.165, 1.54) is 24.2 Å². The van der Waals surface area contributed by atoms with Crippen LogP contribution < -0.4 is 0 Å². The molecule has 1 atom stereocenters. The van der Waals surface area contributed by atoms with Crippen LogP contribution in [0.15, 0.2) is 17.5 Å². The Labute approximate surface area is 140 Å². The number of ether oxygens (including phenoxy) is 1. The van der Waals surface area contributed by atoms with Crippen LogP contribution in [0.1, 0.15) is 35.4 Å². The van der Waals surface area contributed by atoms with Gasteiger partial charge in [0.25, 0.3) is 11.8 Å². The van der Waals surface area contributed by atoms with Crippen molar-refractivity contribution in [2.75, 3.05) is 26.7 Å². The molecule has 1 aliphatic carbocycles. The van der Waals surface area contributed by atoms with E-state index in [9.17, 15) is 9.59 Å². The van der Waals surface area contributed by atoms with E-state index in [2.05, 4.69) is 0 Å². The zero-order valence-corrected chi connectivity index (χ0v) is 14.2. The van der Waals surface area contributed by atoms with Gasteiger partial charge in [0.15, 0.2) is 6.10 Å². The molecule has 2 amide bonds. The highest BCUT2D eigenvalue weighted by Crippen LogP contribution is 2.45. The summed E-state index contributed by atoms with van der Waals surface area (Å²) in [5, 5.41) is 1.93. The molecule has 2 saturated heterocycles.